The van der Waals surface area contributed by atoms with Gasteiger partial charge in [-0.25, -0.2) is 16.8 Å². The molecule has 2 aromatic rings. The van der Waals surface area contributed by atoms with Crippen molar-refractivity contribution in [3.05, 3.63) is 54.1 Å². The van der Waals surface area contributed by atoms with E-state index in [0.717, 1.165) is 19.3 Å². The first kappa shape index (κ1) is 25.8. The molecule has 2 aromatic carbocycles. The highest BCUT2D eigenvalue weighted by Crippen LogP contribution is 2.26. The van der Waals surface area contributed by atoms with E-state index in [0.29, 0.717) is 25.4 Å². The van der Waals surface area contributed by atoms with Gasteiger partial charge in [0.05, 0.1) is 29.5 Å². The molecule has 11 heteroatoms. The third-order valence-electron chi connectivity index (χ3n) is 6.42. The summed E-state index contributed by atoms with van der Waals surface area (Å²) in [6, 6.07) is 12.3. The van der Waals surface area contributed by atoms with Crippen LogP contribution < -0.4 is 5.32 Å². The molecule has 0 spiro atoms. The van der Waals surface area contributed by atoms with Crippen LogP contribution in [0.1, 0.15) is 36.5 Å². The van der Waals surface area contributed by atoms with Gasteiger partial charge >= 0.3 is 0 Å². The number of ether oxygens (including phenoxy) is 1. The Balaban J connectivity index is 1.40. The van der Waals surface area contributed by atoms with Crippen LogP contribution in [0.15, 0.2) is 58.3 Å². The second-order valence-electron chi connectivity index (χ2n) is 8.81. The lowest BCUT2D eigenvalue weighted by atomic mass is 10.1. The van der Waals surface area contributed by atoms with Crippen molar-refractivity contribution < 1.29 is 26.4 Å². The molecular weight excluding hydrogens is 490 g/mol. The van der Waals surface area contributed by atoms with E-state index in [1.54, 1.807) is 40.7 Å². The molecule has 0 radical (unpaired) electrons. The number of nitrogens with one attached hydrogen (secondary N) is 1. The molecule has 190 valence electrons. The van der Waals surface area contributed by atoms with Crippen LogP contribution in [-0.4, -0.2) is 76.7 Å². The normalized spacial score (nSPS) is 20.4. The van der Waals surface area contributed by atoms with E-state index in [1.807, 2.05) is 6.92 Å². The molecule has 4 rings (SSSR count). The molecule has 35 heavy (non-hydrogen) atoms. The van der Waals surface area contributed by atoms with Crippen molar-refractivity contribution in [2.75, 3.05) is 44.7 Å². The predicted molar refractivity (Wildman–Crippen MR) is 132 cm³/mol. The summed E-state index contributed by atoms with van der Waals surface area (Å²) in [4.78, 5) is 13.1. The fraction of sp³-hybridized carbons (Fsp3) is 0.458. The summed E-state index contributed by atoms with van der Waals surface area (Å²) in [6.07, 6.45) is 2.75. The lowest BCUT2D eigenvalue weighted by Gasteiger charge is -2.32. The number of hydrogen-bond donors (Lipinski definition) is 1. The Kier molecular flexibility index (Phi) is 7.92. The fourth-order valence-corrected chi connectivity index (χ4v) is 7.51. The van der Waals surface area contributed by atoms with Crippen LogP contribution in [0.5, 0.6) is 0 Å². The first-order valence-corrected chi connectivity index (χ1v) is 14.6. The Bertz CT molecular complexity index is 1260. The molecule has 0 amide bonds. The van der Waals surface area contributed by atoms with E-state index >= 15 is 0 Å². The Hall–Kier alpha value is -2.31. The van der Waals surface area contributed by atoms with Crippen molar-refractivity contribution in [3.8, 4) is 0 Å². The van der Waals surface area contributed by atoms with Gasteiger partial charge in [-0.1, -0.05) is 18.6 Å². The van der Waals surface area contributed by atoms with Crippen LogP contribution in [-0.2, 0) is 24.8 Å². The zero-order valence-corrected chi connectivity index (χ0v) is 21.4. The summed E-state index contributed by atoms with van der Waals surface area (Å²) in [5, 5.41) is 3.00. The van der Waals surface area contributed by atoms with Crippen molar-refractivity contribution >= 4 is 31.5 Å². The molecular formula is C24H31N3O6S2. The van der Waals surface area contributed by atoms with Crippen LogP contribution >= 0.6 is 0 Å². The largest absolute Gasteiger partial charge is 0.379 e. The lowest BCUT2D eigenvalue weighted by molar-refractivity contribution is 0.0730. The van der Waals surface area contributed by atoms with Gasteiger partial charge in [0.15, 0.2) is 5.78 Å². The van der Waals surface area contributed by atoms with Gasteiger partial charge in [-0.2, -0.15) is 8.61 Å². The van der Waals surface area contributed by atoms with Gasteiger partial charge in [0.25, 0.3) is 0 Å². The van der Waals surface area contributed by atoms with Gasteiger partial charge in [0.2, 0.25) is 20.0 Å². The van der Waals surface area contributed by atoms with Crippen LogP contribution in [0.2, 0.25) is 0 Å². The van der Waals surface area contributed by atoms with Crippen molar-refractivity contribution in [2.45, 2.75) is 42.0 Å². The van der Waals surface area contributed by atoms with Gasteiger partial charge < -0.3 is 10.1 Å². The van der Waals surface area contributed by atoms with Gasteiger partial charge in [-0.05, 0) is 56.2 Å². The maximum Gasteiger partial charge on any atom is 0.243 e. The fourth-order valence-electron chi connectivity index (χ4n) is 4.36. The molecule has 0 aliphatic carbocycles. The lowest BCUT2D eigenvalue weighted by Crippen LogP contribution is -2.41. The Morgan fingerprint density at radius 2 is 1.66 bits per heavy atom. The monoisotopic (exact) mass is 521 g/mol. The van der Waals surface area contributed by atoms with Gasteiger partial charge in [-0.3, -0.25) is 4.79 Å². The van der Waals surface area contributed by atoms with Crippen molar-refractivity contribution in [3.63, 3.8) is 0 Å². The highest BCUT2D eigenvalue weighted by molar-refractivity contribution is 7.89. The number of carbonyl (C=O) groups excluding carboxylic acids is 1. The van der Waals surface area contributed by atoms with E-state index in [-0.39, 0.29) is 46.8 Å². The summed E-state index contributed by atoms with van der Waals surface area (Å²) in [5.74, 6) is -0.275. The summed E-state index contributed by atoms with van der Waals surface area (Å²) < 4.78 is 59.9. The summed E-state index contributed by atoms with van der Waals surface area (Å²) in [7, 11) is -7.26. The minimum absolute atomic E-state index is 0.0213. The first-order valence-electron chi connectivity index (χ1n) is 11.8. The third kappa shape index (κ3) is 5.75. The standard InChI is InChI=1S/C24H31N3O6S2/c1-19-5-2-3-12-27(19)35(31,32)22-10-8-21(9-11-22)25-18-24(28)20-6-4-7-23(17-20)34(29,30)26-13-15-33-16-14-26/h4,6-11,17,19,25H,2-3,5,12-16,18H2,1H3. The van der Waals surface area contributed by atoms with Crippen LogP contribution in [0.3, 0.4) is 0 Å². The zero-order valence-electron chi connectivity index (χ0n) is 19.7. The molecule has 1 atom stereocenters. The van der Waals surface area contributed by atoms with E-state index in [1.165, 1.54) is 16.4 Å². The topological polar surface area (TPSA) is 113 Å². The van der Waals surface area contributed by atoms with E-state index < -0.39 is 20.0 Å². The second-order valence-corrected chi connectivity index (χ2v) is 12.6. The molecule has 1 unspecified atom stereocenters. The molecule has 2 aliphatic rings. The number of hydrogen-bond acceptors (Lipinski definition) is 7. The molecule has 1 N–H and O–H groups in total. The SMILES string of the molecule is CC1CCCCN1S(=O)(=O)c1ccc(NCC(=O)c2cccc(S(=O)(=O)N3CCOCC3)c2)cc1. The number of Topliss-reactive ketones (excluding diaryl/α,β-unsaturated/α-hetero) is 1. The Morgan fingerprint density at radius 1 is 0.943 bits per heavy atom. The molecule has 9 nitrogen and oxygen atoms in total. The van der Waals surface area contributed by atoms with E-state index in [4.69, 9.17) is 4.74 Å². The predicted octanol–water partition coefficient (Wildman–Crippen LogP) is 2.57. The highest BCUT2D eigenvalue weighted by atomic mass is 32.2. The number of carbonyl (C=O) groups is 1. The molecule has 2 heterocycles. The van der Waals surface area contributed by atoms with E-state index in [2.05, 4.69) is 5.32 Å². The minimum atomic E-state index is -3.70. The molecule has 0 bridgehead atoms. The number of piperidine rings is 1. The number of ketones is 1. The quantitative estimate of drug-likeness (QED) is 0.531. The van der Waals surface area contributed by atoms with Gasteiger partial charge in [0.1, 0.15) is 0 Å². The van der Waals surface area contributed by atoms with Gasteiger partial charge in [0, 0.05) is 36.9 Å². The Labute approximate surface area is 207 Å². The number of benzene rings is 2. The average Bonchev–Trinajstić information content (AvgIpc) is 2.88. The smallest absolute Gasteiger partial charge is 0.243 e. The molecule has 2 aliphatic heterocycles. The van der Waals surface area contributed by atoms with Crippen LogP contribution in [0.25, 0.3) is 0 Å². The average molecular weight is 522 g/mol. The number of morpholine rings is 1. The third-order valence-corrected chi connectivity index (χ3v) is 10.3. The first-order chi connectivity index (χ1) is 16.7. The molecule has 2 fully saturated rings. The summed E-state index contributed by atoms with van der Waals surface area (Å²) >= 11 is 0. The van der Waals surface area contributed by atoms with E-state index in [9.17, 15) is 21.6 Å². The number of nitrogens with zero attached hydrogens (tertiary/aromatic N) is 2. The number of sulfonamides is 2. The van der Waals surface area contributed by atoms with Crippen molar-refractivity contribution in [1.29, 1.82) is 0 Å². The number of anilines is 1. The Morgan fingerprint density at radius 3 is 2.34 bits per heavy atom. The van der Waals surface area contributed by atoms with Crippen molar-refractivity contribution in [2.24, 2.45) is 0 Å². The van der Waals surface area contributed by atoms with Gasteiger partial charge in [-0.15, -0.1) is 0 Å². The zero-order chi connectivity index (χ0) is 25.1. The second kappa shape index (κ2) is 10.8. The summed E-state index contributed by atoms with van der Waals surface area (Å²) in [6.45, 7) is 3.65. The highest BCUT2D eigenvalue weighted by Gasteiger charge is 2.31. The maximum absolute atomic E-state index is 13.0. The molecule has 0 aromatic heterocycles. The molecule has 2 saturated heterocycles. The summed E-state index contributed by atoms with van der Waals surface area (Å²) in [5.41, 5.74) is 0.881. The van der Waals surface area contributed by atoms with Crippen LogP contribution in [0, 0.1) is 0 Å². The van der Waals surface area contributed by atoms with Crippen molar-refractivity contribution in [1.82, 2.24) is 8.61 Å². The minimum Gasteiger partial charge on any atom is -0.379 e. The maximum atomic E-state index is 13.0. The van der Waals surface area contributed by atoms with Crippen LogP contribution in [0.4, 0.5) is 5.69 Å². The molecule has 0 saturated carbocycles. The number of rotatable bonds is 8.